The Morgan fingerprint density at radius 3 is 2.44 bits per heavy atom. The molecule has 0 amide bonds. The van der Waals surface area contributed by atoms with Crippen molar-refractivity contribution in [3.05, 3.63) is 24.0 Å². The van der Waals surface area contributed by atoms with Crippen LogP contribution < -0.4 is 56.8 Å². The van der Waals surface area contributed by atoms with Gasteiger partial charge in [0.1, 0.15) is 5.82 Å². The molecule has 16 heavy (non-hydrogen) atoms. The average Bonchev–Trinajstić information content (AvgIpc) is 2.41. The van der Waals surface area contributed by atoms with Crippen molar-refractivity contribution in [2.75, 3.05) is 0 Å². The van der Waals surface area contributed by atoms with E-state index in [0.717, 1.165) is 17.6 Å². The Kier molecular flexibility index (Phi) is 4.29. The summed E-state index contributed by atoms with van der Waals surface area (Å²) in [4.78, 5) is 4.06. The maximum atomic E-state index is 12.5. The maximum absolute atomic E-state index is 12.5. The van der Waals surface area contributed by atoms with Crippen molar-refractivity contribution in [1.82, 2.24) is 9.55 Å². The Morgan fingerprint density at radius 2 is 1.88 bits per heavy atom. The van der Waals surface area contributed by atoms with Crippen LogP contribution in [0.1, 0.15) is 5.82 Å². The summed E-state index contributed by atoms with van der Waals surface area (Å²) in [6.07, 6.45) is 0. The fraction of sp³-hybridized carbons (Fsp3) is 0.222. The topological polar surface area (TPSA) is 17.8 Å². The van der Waals surface area contributed by atoms with Crippen molar-refractivity contribution in [2.24, 2.45) is 7.05 Å². The van der Waals surface area contributed by atoms with Gasteiger partial charge in [0, 0.05) is 7.05 Å². The third-order valence-electron chi connectivity index (χ3n) is 2.51. The number of fused-ring (bicyclic) bond motifs is 1. The first kappa shape index (κ1) is 14.2. The zero-order valence-corrected chi connectivity index (χ0v) is 12.5. The van der Waals surface area contributed by atoms with Gasteiger partial charge in [0.15, 0.2) is 0 Å². The van der Waals surface area contributed by atoms with Gasteiger partial charge < -0.3 is 17.5 Å². The van der Waals surface area contributed by atoms with Gasteiger partial charge in [-0.1, -0.05) is 12.1 Å². The van der Waals surface area contributed by atoms with E-state index in [4.69, 9.17) is 0 Å². The third kappa shape index (κ3) is 2.53. The summed E-state index contributed by atoms with van der Waals surface area (Å²) >= 11 is 0. The molecule has 1 aromatic heterocycles. The van der Waals surface area contributed by atoms with E-state index in [1.165, 1.54) is 6.07 Å². The molecule has 0 radical (unpaired) electrons. The summed E-state index contributed by atoms with van der Waals surface area (Å²) in [5, 5.41) is 0. The van der Waals surface area contributed by atoms with Crippen LogP contribution >= 0.6 is 0 Å². The molecule has 0 N–H and O–H groups in total. The molecule has 0 saturated carbocycles. The Morgan fingerprint density at radius 1 is 1.25 bits per heavy atom. The first-order valence-corrected chi connectivity index (χ1v) is 4.52. The molecule has 0 bridgehead atoms. The van der Waals surface area contributed by atoms with Crippen LogP contribution in [0.25, 0.3) is 11.0 Å². The van der Waals surface area contributed by atoms with Gasteiger partial charge in [-0.05, 0) is 13.0 Å². The number of nitrogens with zero attached hydrogens (tertiary/aromatic N) is 2. The normalized spacial score (nSPS) is 11.6. The van der Waals surface area contributed by atoms with Crippen molar-refractivity contribution in [2.45, 2.75) is 6.92 Å². The van der Waals surface area contributed by atoms with Gasteiger partial charge in [-0.2, -0.15) is 0 Å². The Bertz CT molecular complexity index is 521. The molecule has 2 rings (SSSR count). The summed E-state index contributed by atoms with van der Waals surface area (Å²) in [5.41, 5.74) is 0.517. The molecule has 0 fully saturated rings. The van der Waals surface area contributed by atoms with Gasteiger partial charge in [0.25, 0.3) is 0 Å². The van der Waals surface area contributed by atoms with E-state index in [1.54, 1.807) is 18.5 Å². The third-order valence-corrected chi connectivity index (χ3v) is 2.51. The second kappa shape index (κ2) is 4.81. The Hall–Kier alpha value is 0.181. The molecule has 2 aromatic rings. The molecule has 0 aliphatic heterocycles. The summed E-state index contributed by atoms with van der Waals surface area (Å²) in [6, 6.07) is 3.66. The monoisotopic (exact) mass is 252 g/mol. The second-order valence-electron chi connectivity index (χ2n) is 3.54. The summed E-state index contributed by atoms with van der Waals surface area (Å²) in [6.45, 7) is -3.17. The summed E-state index contributed by atoms with van der Waals surface area (Å²) in [5.74, 6) is 0.705. The van der Waals surface area contributed by atoms with Gasteiger partial charge in [0.05, 0.1) is 11.0 Å². The molecule has 1 aromatic carbocycles. The van der Waals surface area contributed by atoms with E-state index in [1.807, 2.05) is 0 Å². The van der Waals surface area contributed by atoms with Gasteiger partial charge in [-0.3, -0.25) is 0 Å². The van der Waals surface area contributed by atoms with E-state index >= 15 is 0 Å². The molecule has 2 nitrogen and oxygen atoms in total. The van der Waals surface area contributed by atoms with Crippen LogP contribution in [0.15, 0.2) is 18.2 Å². The number of hydrogen-bond donors (Lipinski definition) is 0. The fourth-order valence-corrected chi connectivity index (χ4v) is 1.54. The van der Waals surface area contributed by atoms with Crippen molar-refractivity contribution < 1.29 is 64.3 Å². The van der Waals surface area contributed by atoms with Gasteiger partial charge in [0.2, 0.25) is 0 Å². The van der Waals surface area contributed by atoms with Crippen LogP contribution in [0, 0.1) is 6.92 Å². The molecule has 0 saturated heterocycles. The maximum Gasteiger partial charge on any atom is 1.00 e. The van der Waals surface area contributed by atoms with Crippen molar-refractivity contribution in [3.8, 4) is 0 Å². The largest absolute Gasteiger partial charge is 1.00 e. The molecule has 0 atom stereocenters. The standard InChI is InChI=1S/C9H9BF3N2.K/c1-6-14-8-5-7(10(11,12)13)3-4-9(8)15(6)2;/h3-5H,1-2H3;/q-1;+1. The number of aromatic nitrogens is 2. The average molecular weight is 252 g/mol. The van der Waals surface area contributed by atoms with Gasteiger partial charge >= 0.3 is 58.4 Å². The zero-order valence-electron chi connectivity index (χ0n) is 9.34. The minimum Gasteiger partial charge on any atom is -0.445 e. The van der Waals surface area contributed by atoms with E-state index in [9.17, 15) is 12.9 Å². The fourth-order valence-electron chi connectivity index (χ4n) is 1.54. The van der Waals surface area contributed by atoms with Crippen LogP contribution in [0.3, 0.4) is 0 Å². The predicted octanol–water partition coefficient (Wildman–Crippen LogP) is -1.06. The number of imidazole rings is 1. The smallest absolute Gasteiger partial charge is 0.445 e. The van der Waals surface area contributed by atoms with E-state index < -0.39 is 12.4 Å². The molecular weight excluding hydrogens is 243 g/mol. The number of benzene rings is 1. The Balaban J connectivity index is 0.00000128. The molecule has 1 heterocycles. The van der Waals surface area contributed by atoms with E-state index in [2.05, 4.69) is 4.98 Å². The van der Waals surface area contributed by atoms with Crippen molar-refractivity contribution in [1.29, 1.82) is 0 Å². The van der Waals surface area contributed by atoms with E-state index in [-0.39, 0.29) is 51.4 Å². The molecule has 7 heteroatoms. The van der Waals surface area contributed by atoms with Crippen LogP contribution in [0.4, 0.5) is 12.9 Å². The minimum absolute atomic E-state index is 0. The summed E-state index contributed by atoms with van der Waals surface area (Å²) in [7, 11) is 1.78. The zero-order chi connectivity index (χ0) is 11.2. The van der Waals surface area contributed by atoms with E-state index in [0.29, 0.717) is 11.3 Å². The van der Waals surface area contributed by atoms with Crippen LogP contribution in [-0.2, 0) is 7.05 Å². The minimum atomic E-state index is -4.94. The van der Waals surface area contributed by atoms with Crippen molar-refractivity contribution >= 4 is 23.5 Å². The van der Waals surface area contributed by atoms with Crippen LogP contribution in [-0.4, -0.2) is 16.5 Å². The van der Waals surface area contributed by atoms with Crippen molar-refractivity contribution in [3.63, 3.8) is 0 Å². The second-order valence-corrected chi connectivity index (χ2v) is 3.54. The first-order chi connectivity index (χ1) is 6.89. The SMILES string of the molecule is Cc1nc2cc([B-](F)(F)F)ccc2n1C.[K+]. The molecule has 0 aliphatic rings. The summed E-state index contributed by atoms with van der Waals surface area (Å²) < 4.78 is 39.1. The first-order valence-electron chi connectivity index (χ1n) is 4.52. The van der Waals surface area contributed by atoms with Crippen LogP contribution in [0.5, 0.6) is 0 Å². The number of hydrogen-bond acceptors (Lipinski definition) is 1. The molecule has 0 unspecified atom stereocenters. The number of halogens is 3. The molecular formula is C9H9BF3KN2. The van der Waals surface area contributed by atoms with Gasteiger partial charge in [-0.25, -0.2) is 4.98 Å². The van der Waals surface area contributed by atoms with Crippen LogP contribution in [0.2, 0.25) is 0 Å². The van der Waals surface area contributed by atoms with Gasteiger partial charge in [-0.15, -0.1) is 5.46 Å². The number of aryl methyl sites for hydroxylation is 2. The molecule has 0 aliphatic carbocycles. The molecule has 80 valence electrons. The quantitative estimate of drug-likeness (QED) is 0.592. The Labute approximate surface area is 134 Å². The number of rotatable bonds is 1. The molecule has 0 spiro atoms. The predicted molar refractivity (Wildman–Crippen MR) is 54.2 cm³/mol.